The predicted octanol–water partition coefficient (Wildman–Crippen LogP) is -0.208. The first-order valence-electron chi connectivity index (χ1n) is 3.29. The van der Waals surface area contributed by atoms with Crippen LogP contribution in [-0.4, -0.2) is 19.4 Å². The lowest BCUT2D eigenvalue weighted by molar-refractivity contribution is 0.257. The minimum Gasteiger partial charge on any atom is -0.384 e. The van der Waals surface area contributed by atoms with Crippen LogP contribution in [-0.2, 0) is 10.5 Å². The molecule has 1 heterocycles. The fraction of sp³-hybridized carbons (Fsp3) is 0. The van der Waals surface area contributed by atoms with Gasteiger partial charge in [-0.3, -0.25) is 0 Å². The summed E-state index contributed by atoms with van der Waals surface area (Å²) in [5, 5.41) is 0. The molecule has 14 heavy (non-hydrogen) atoms. The van der Waals surface area contributed by atoms with Gasteiger partial charge in [0.25, 0.3) is 0 Å². The molecule has 0 bridgehead atoms. The second-order valence-corrected chi connectivity index (χ2v) is 2.52. The second-order valence-electron chi connectivity index (χ2n) is 1.90. The van der Waals surface area contributed by atoms with Crippen LogP contribution in [0.25, 0.3) is 0 Å². The predicted molar refractivity (Wildman–Crippen MR) is 49.6 cm³/mol. The normalized spacial score (nSPS) is 8.00. The van der Waals surface area contributed by atoms with Crippen molar-refractivity contribution in [3.8, 4) is 0 Å². The number of aromatic nitrogens is 1. The molecule has 0 atom stereocenters. The number of nitrogens with two attached hydrogens (primary N) is 2. The molecular formula is C6H8N4O3S. The highest BCUT2D eigenvalue weighted by Gasteiger charge is 1.80. The SMILES string of the molecule is NC(=O)N=S(=O)=O.Nc1ccccn1. The van der Waals surface area contributed by atoms with E-state index in [9.17, 15) is 13.2 Å². The summed E-state index contributed by atoms with van der Waals surface area (Å²) in [6.07, 6.45) is 1.66. The van der Waals surface area contributed by atoms with E-state index in [1.807, 2.05) is 12.1 Å². The van der Waals surface area contributed by atoms with Crippen LogP contribution in [0.4, 0.5) is 10.6 Å². The molecule has 0 unspecified atom stereocenters. The maximum Gasteiger partial charge on any atom is 0.353 e. The lowest BCUT2D eigenvalue weighted by Gasteiger charge is -1.82. The van der Waals surface area contributed by atoms with Gasteiger partial charge in [-0.25, -0.2) is 9.78 Å². The molecule has 2 amide bonds. The third-order valence-corrected chi connectivity index (χ3v) is 1.18. The van der Waals surface area contributed by atoms with Crippen molar-refractivity contribution in [1.29, 1.82) is 0 Å². The van der Waals surface area contributed by atoms with Gasteiger partial charge in [0.15, 0.2) is 0 Å². The maximum absolute atomic E-state index is 9.47. The number of hydrogen-bond donors (Lipinski definition) is 2. The smallest absolute Gasteiger partial charge is 0.353 e. The van der Waals surface area contributed by atoms with E-state index in [-0.39, 0.29) is 0 Å². The number of anilines is 1. The Morgan fingerprint density at radius 3 is 2.21 bits per heavy atom. The van der Waals surface area contributed by atoms with Crippen molar-refractivity contribution < 1.29 is 13.2 Å². The van der Waals surface area contributed by atoms with Crippen LogP contribution in [0.5, 0.6) is 0 Å². The van der Waals surface area contributed by atoms with Crippen LogP contribution in [0.15, 0.2) is 28.8 Å². The molecule has 0 saturated carbocycles. The molecular weight excluding hydrogens is 208 g/mol. The zero-order valence-electron chi connectivity index (χ0n) is 6.99. The third kappa shape index (κ3) is 8.14. The van der Waals surface area contributed by atoms with Gasteiger partial charge in [-0.2, -0.15) is 8.42 Å². The summed E-state index contributed by atoms with van der Waals surface area (Å²) >= 11 is 0. The fourth-order valence-electron chi connectivity index (χ4n) is 0.449. The van der Waals surface area contributed by atoms with Gasteiger partial charge in [0.1, 0.15) is 5.82 Å². The fourth-order valence-corrected chi connectivity index (χ4v) is 0.596. The minimum atomic E-state index is -2.70. The molecule has 0 aliphatic carbocycles. The summed E-state index contributed by atoms with van der Waals surface area (Å²) in [5.41, 5.74) is 9.54. The molecule has 4 N–H and O–H groups in total. The van der Waals surface area contributed by atoms with Crippen molar-refractivity contribution in [3.05, 3.63) is 24.4 Å². The van der Waals surface area contributed by atoms with E-state index in [0.717, 1.165) is 0 Å². The van der Waals surface area contributed by atoms with E-state index < -0.39 is 16.5 Å². The molecule has 1 aromatic heterocycles. The van der Waals surface area contributed by atoms with Gasteiger partial charge >= 0.3 is 16.5 Å². The van der Waals surface area contributed by atoms with Gasteiger partial charge < -0.3 is 11.5 Å². The summed E-state index contributed by atoms with van der Waals surface area (Å²) in [6, 6.07) is 4.23. The highest BCUT2D eigenvalue weighted by atomic mass is 32.2. The van der Waals surface area contributed by atoms with E-state index in [0.29, 0.717) is 5.82 Å². The molecule has 0 spiro atoms. The van der Waals surface area contributed by atoms with Crippen LogP contribution < -0.4 is 11.5 Å². The molecule has 76 valence electrons. The Morgan fingerprint density at radius 1 is 1.43 bits per heavy atom. The Hall–Kier alpha value is -1.96. The minimum absolute atomic E-state index is 0.572. The van der Waals surface area contributed by atoms with E-state index in [2.05, 4.69) is 15.1 Å². The van der Waals surface area contributed by atoms with Crippen molar-refractivity contribution in [3.63, 3.8) is 0 Å². The molecule has 0 saturated heterocycles. The Kier molecular flexibility index (Phi) is 5.63. The third-order valence-electron chi connectivity index (χ3n) is 0.852. The number of primary amides is 1. The molecule has 7 nitrogen and oxygen atoms in total. The van der Waals surface area contributed by atoms with Gasteiger partial charge in [-0.05, 0) is 12.1 Å². The van der Waals surface area contributed by atoms with E-state index >= 15 is 0 Å². The Labute approximate surface area is 81.5 Å². The largest absolute Gasteiger partial charge is 0.384 e. The zero-order valence-corrected chi connectivity index (χ0v) is 7.81. The van der Waals surface area contributed by atoms with Gasteiger partial charge in [-0.1, -0.05) is 10.4 Å². The van der Waals surface area contributed by atoms with Crippen molar-refractivity contribution in [2.45, 2.75) is 0 Å². The zero-order chi connectivity index (χ0) is 11.0. The molecule has 1 rings (SSSR count). The van der Waals surface area contributed by atoms with Crippen molar-refractivity contribution in [2.75, 3.05) is 5.73 Å². The van der Waals surface area contributed by atoms with Crippen molar-refractivity contribution in [1.82, 2.24) is 4.98 Å². The maximum atomic E-state index is 9.47. The first-order chi connectivity index (χ1) is 6.52. The quantitative estimate of drug-likeness (QED) is 0.620. The van der Waals surface area contributed by atoms with Gasteiger partial charge in [0.2, 0.25) is 0 Å². The molecule has 0 aromatic carbocycles. The first kappa shape index (κ1) is 12.0. The van der Waals surface area contributed by atoms with Gasteiger partial charge in [-0.15, -0.1) is 0 Å². The van der Waals surface area contributed by atoms with Crippen LogP contribution in [0.3, 0.4) is 0 Å². The Morgan fingerprint density at radius 2 is 2.07 bits per heavy atom. The lowest BCUT2D eigenvalue weighted by Crippen LogP contribution is -2.02. The number of hydrogen-bond acceptors (Lipinski definition) is 5. The Bertz CT molecular complexity index is 406. The molecule has 0 aliphatic heterocycles. The van der Waals surface area contributed by atoms with Crippen LogP contribution in [0.1, 0.15) is 0 Å². The molecule has 8 heteroatoms. The monoisotopic (exact) mass is 216 g/mol. The van der Waals surface area contributed by atoms with Crippen LogP contribution in [0, 0.1) is 0 Å². The molecule has 1 aromatic rings. The topological polar surface area (TPSA) is 128 Å². The van der Waals surface area contributed by atoms with E-state index in [1.165, 1.54) is 0 Å². The number of nitrogens with zero attached hydrogens (tertiary/aromatic N) is 2. The summed E-state index contributed by atoms with van der Waals surface area (Å²) < 4.78 is 21.0. The highest BCUT2D eigenvalue weighted by Crippen LogP contribution is 1.89. The molecule has 0 fully saturated rings. The summed E-state index contributed by atoms with van der Waals surface area (Å²) in [4.78, 5) is 13.2. The standard InChI is InChI=1S/C5H6N2.CH2N2O3S/c6-5-3-1-2-4-7-5;2-1(4)3-7(5)6/h1-4H,(H2,6,7);(H2,2,4). The average molecular weight is 216 g/mol. The van der Waals surface area contributed by atoms with E-state index in [1.54, 1.807) is 12.3 Å². The number of pyridine rings is 1. The number of carbonyl (C=O) groups excluding carboxylic acids is 1. The van der Waals surface area contributed by atoms with Crippen LogP contribution >= 0.6 is 0 Å². The number of amides is 2. The number of urea groups is 1. The summed E-state index contributed by atoms with van der Waals surface area (Å²) in [5.74, 6) is 0.572. The lowest BCUT2D eigenvalue weighted by atomic mass is 10.5. The average Bonchev–Trinajstić information content (AvgIpc) is 2.03. The van der Waals surface area contributed by atoms with Gasteiger partial charge in [0.05, 0.1) is 0 Å². The second kappa shape index (κ2) is 6.54. The van der Waals surface area contributed by atoms with Crippen molar-refractivity contribution >= 4 is 22.3 Å². The summed E-state index contributed by atoms with van der Waals surface area (Å²) in [7, 11) is -2.70. The molecule has 0 radical (unpaired) electrons. The molecule has 0 aliphatic rings. The number of carbonyl (C=O) groups is 1. The first-order valence-corrected chi connectivity index (χ1v) is 4.32. The van der Waals surface area contributed by atoms with Crippen LogP contribution in [0.2, 0.25) is 0 Å². The van der Waals surface area contributed by atoms with Gasteiger partial charge in [0, 0.05) is 6.20 Å². The Balaban J connectivity index is 0.000000241. The summed E-state index contributed by atoms with van der Waals surface area (Å²) in [6.45, 7) is 0. The van der Waals surface area contributed by atoms with Crippen molar-refractivity contribution in [2.24, 2.45) is 10.1 Å². The van der Waals surface area contributed by atoms with E-state index in [4.69, 9.17) is 5.73 Å². The number of nitrogen functional groups attached to an aromatic ring is 1. The number of rotatable bonds is 0. The highest BCUT2D eigenvalue weighted by molar-refractivity contribution is 7.62.